The monoisotopic (exact) mass is 420 g/mol. The van der Waals surface area contributed by atoms with Crippen molar-refractivity contribution in [2.24, 2.45) is 5.92 Å². The molecule has 1 N–H and O–H groups in total. The summed E-state index contributed by atoms with van der Waals surface area (Å²) in [6, 6.07) is 14.3. The van der Waals surface area contributed by atoms with Crippen molar-refractivity contribution < 1.29 is 14.3 Å². The summed E-state index contributed by atoms with van der Waals surface area (Å²) in [4.78, 5) is 12.5. The number of ether oxygens (including phenoxy) is 2. The fraction of sp³-hybridized carbons (Fsp3) is 0.423. The van der Waals surface area contributed by atoms with Gasteiger partial charge in [0.05, 0.1) is 19.6 Å². The van der Waals surface area contributed by atoms with E-state index in [2.05, 4.69) is 54.2 Å². The van der Waals surface area contributed by atoms with Gasteiger partial charge in [0.1, 0.15) is 0 Å². The number of aromatic nitrogens is 1. The smallest absolute Gasteiger partial charge is 0.224 e. The molecule has 1 amide bonds. The van der Waals surface area contributed by atoms with E-state index in [9.17, 15) is 4.79 Å². The average molecular weight is 421 g/mol. The summed E-state index contributed by atoms with van der Waals surface area (Å²) in [5, 5.41) is 4.36. The van der Waals surface area contributed by atoms with Crippen molar-refractivity contribution >= 4 is 16.8 Å². The van der Waals surface area contributed by atoms with E-state index in [1.54, 1.807) is 0 Å². The van der Waals surface area contributed by atoms with Crippen LogP contribution in [-0.2, 0) is 24.2 Å². The molecule has 0 saturated carbocycles. The maximum absolute atomic E-state index is 12.5. The van der Waals surface area contributed by atoms with Crippen LogP contribution in [0.5, 0.6) is 11.5 Å². The number of benzene rings is 2. The normalized spacial score (nSPS) is 13.4. The van der Waals surface area contributed by atoms with Crippen LogP contribution in [0.2, 0.25) is 0 Å². The molecule has 0 aliphatic carbocycles. The maximum Gasteiger partial charge on any atom is 0.224 e. The molecule has 1 aliphatic rings. The van der Waals surface area contributed by atoms with E-state index in [0.29, 0.717) is 32.1 Å². The van der Waals surface area contributed by atoms with E-state index >= 15 is 0 Å². The number of amides is 1. The summed E-state index contributed by atoms with van der Waals surface area (Å²) in [5.74, 6) is 2.19. The Balaban J connectivity index is 1.34. The summed E-state index contributed by atoms with van der Waals surface area (Å²) >= 11 is 0. The van der Waals surface area contributed by atoms with E-state index in [-0.39, 0.29) is 5.91 Å². The zero-order valence-corrected chi connectivity index (χ0v) is 18.5. The fourth-order valence-electron chi connectivity index (χ4n) is 4.01. The van der Waals surface area contributed by atoms with Gasteiger partial charge in [-0.15, -0.1) is 0 Å². The molecule has 2 heterocycles. The lowest BCUT2D eigenvalue weighted by molar-refractivity contribution is -0.120. The van der Waals surface area contributed by atoms with Gasteiger partial charge in [-0.1, -0.05) is 38.1 Å². The summed E-state index contributed by atoms with van der Waals surface area (Å²) in [6.45, 7) is 7.47. The van der Waals surface area contributed by atoms with Crippen LogP contribution in [0.3, 0.4) is 0 Å². The highest BCUT2D eigenvalue weighted by molar-refractivity contribution is 5.84. The molecule has 0 radical (unpaired) electrons. The molecular weight excluding hydrogens is 388 g/mol. The highest BCUT2D eigenvalue weighted by Gasteiger charge is 2.13. The number of hydrogen-bond acceptors (Lipinski definition) is 3. The average Bonchev–Trinajstić information content (AvgIpc) is 2.93. The first-order valence-corrected chi connectivity index (χ1v) is 11.3. The summed E-state index contributed by atoms with van der Waals surface area (Å²) in [5.41, 5.74) is 3.50. The van der Waals surface area contributed by atoms with Gasteiger partial charge in [-0.25, -0.2) is 0 Å². The summed E-state index contributed by atoms with van der Waals surface area (Å²) < 4.78 is 13.7. The molecule has 4 rings (SSSR count). The van der Waals surface area contributed by atoms with Gasteiger partial charge in [-0.2, -0.15) is 0 Å². The lowest BCUT2D eigenvalue weighted by Crippen LogP contribution is -2.27. The van der Waals surface area contributed by atoms with Gasteiger partial charge in [0, 0.05) is 36.6 Å². The Morgan fingerprint density at radius 3 is 2.74 bits per heavy atom. The van der Waals surface area contributed by atoms with E-state index in [4.69, 9.17) is 9.47 Å². The molecule has 0 bridgehead atoms. The number of rotatable bonds is 8. The number of para-hydroxylation sites is 1. The van der Waals surface area contributed by atoms with Crippen molar-refractivity contribution in [2.75, 3.05) is 19.8 Å². The number of hydrogen-bond donors (Lipinski definition) is 1. The molecule has 1 aliphatic heterocycles. The minimum Gasteiger partial charge on any atom is -0.490 e. The van der Waals surface area contributed by atoms with Gasteiger partial charge in [0.2, 0.25) is 5.91 Å². The summed E-state index contributed by atoms with van der Waals surface area (Å²) in [7, 11) is 0. The number of carbonyl (C=O) groups excluding carboxylic acids is 1. The number of fused-ring (bicyclic) bond motifs is 2. The molecule has 0 fully saturated rings. The predicted octanol–water partition coefficient (Wildman–Crippen LogP) is 4.75. The molecule has 2 aromatic carbocycles. The van der Waals surface area contributed by atoms with E-state index < -0.39 is 0 Å². The molecular formula is C26H32N2O3. The van der Waals surface area contributed by atoms with Crippen LogP contribution in [0, 0.1) is 5.92 Å². The standard InChI is InChI=1S/C26H32N2O3/c1-19(2)11-13-28-18-21(22-6-3-4-7-23(22)28)10-12-27-26(29)17-20-8-9-24-25(16-20)31-15-5-14-30-24/h3-4,6-9,16,18-19H,5,10-15,17H2,1-2H3,(H,27,29). The first-order chi connectivity index (χ1) is 15.1. The molecule has 164 valence electrons. The van der Waals surface area contributed by atoms with Crippen molar-refractivity contribution in [2.45, 2.75) is 46.1 Å². The minimum absolute atomic E-state index is 0.0260. The van der Waals surface area contributed by atoms with Crippen LogP contribution in [-0.4, -0.2) is 30.2 Å². The van der Waals surface area contributed by atoms with E-state index in [1.807, 2.05) is 18.2 Å². The van der Waals surface area contributed by atoms with Crippen molar-refractivity contribution in [1.29, 1.82) is 0 Å². The zero-order chi connectivity index (χ0) is 21.6. The van der Waals surface area contributed by atoms with Gasteiger partial charge in [-0.05, 0) is 48.1 Å². The number of nitrogens with one attached hydrogen (secondary N) is 1. The van der Waals surface area contributed by atoms with Gasteiger partial charge in [0.25, 0.3) is 0 Å². The van der Waals surface area contributed by atoms with Crippen molar-refractivity contribution in [1.82, 2.24) is 9.88 Å². The van der Waals surface area contributed by atoms with Gasteiger partial charge in [-0.3, -0.25) is 4.79 Å². The summed E-state index contributed by atoms with van der Waals surface area (Å²) in [6.07, 6.45) is 5.45. The quantitative estimate of drug-likeness (QED) is 0.572. The van der Waals surface area contributed by atoms with Crippen LogP contribution in [0.15, 0.2) is 48.7 Å². The first-order valence-electron chi connectivity index (χ1n) is 11.3. The van der Waals surface area contributed by atoms with Gasteiger partial charge in [0.15, 0.2) is 11.5 Å². The van der Waals surface area contributed by atoms with Crippen LogP contribution in [0.4, 0.5) is 0 Å². The molecule has 31 heavy (non-hydrogen) atoms. The third-order valence-electron chi connectivity index (χ3n) is 5.71. The maximum atomic E-state index is 12.5. The van der Waals surface area contributed by atoms with Crippen molar-refractivity contribution in [3.63, 3.8) is 0 Å². The fourth-order valence-corrected chi connectivity index (χ4v) is 4.01. The molecule has 0 atom stereocenters. The van der Waals surface area contributed by atoms with E-state index in [1.165, 1.54) is 16.5 Å². The molecule has 0 spiro atoms. The molecule has 0 unspecified atom stereocenters. The first kappa shape index (κ1) is 21.3. The molecule has 3 aromatic rings. The largest absolute Gasteiger partial charge is 0.490 e. The Hall–Kier alpha value is -2.95. The predicted molar refractivity (Wildman–Crippen MR) is 124 cm³/mol. The SMILES string of the molecule is CC(C)CCn1cc(CCNC(=O)Cc2ccc3c(c2)OCCCO3)c2ccccc21. The Labute approximate surface area is 184 Å². The molecule has 5 nitrogen and oxygen atoms in total. The van der Waals surface area contributed by atoms with E-state index in [0.717, 1.165) is 42.9 Å². The van der Waals surface area contributed by atoms with Gasteiger partial charge < -0.3 is 19.4 Å². The Morgan fingerprint density at radius 1 is 1.10 bits per heavy atom. The van der Waals surface area contributed by atoms with Crippen LogP contribution >= 0.6 is 0 Å². The number of carbonyl (C=O) groups is 1. The lowest BCUT2D eigenvalue weighted by atomic mass is 10.1. The highest BCUT2D eigenvalue weighted by Crippen LogP contribution is 2.30. The zero-order valence-electron chi connectivity index (χ0n) is 18.5. The lowest BCUT2D eigenvalue weighted by Gasteiger charge is -2.10. The highest BCUT2D eigenvalue weighted by atomic mass is 16.5. The molecule has 5 heteroatoms. The molecule has 1 aromatic heterocycles. The topological polar surface area (TPSA) is 52.5 Å². The second-order valence-corrected chi connectivity index (χ2v) is 8.66. The third-order valence-corrected chi connectivity index (χ3v) is 5.71. The molecule has 0 saturated heterocycles. The van der Waals surface area contributed by atoms with Crippen molar-refractivity contribution in [3.05, 3.63) is 59.8 Å². The van der Waals surface area contributed by atoms with Crippen molar-refractivity contribution in [3.8, 4) is 11.5 Å². The third kappa shape index (κ3) is 5.40. The Morgan fingerprint density at radius 2 is 1.90 bits per heavy atom. The van der Waals surface area contributed by atoms with Crippen LogP contribution in [0.1, 0.15) is 37.8 Å². The second kappa shape index (κ2) is 9.90. The van der Waals surface area contributed by atoms with Crippen LogP contribution < -0.4 is 14.8 Å². The number of nitrogens with zero attached hydrogens (tertiary/aromatic N) is 1. The minimum atomic E-state index is 0.0260. The number of aryl methyl sites for hydroxylation is 1. The Bertz CT molecular complexity index is 1040. The van der Waals surface area contributed by atoms with Crippen LogP contribution in [0.25, 0.3) is 10.9 Å². The second-order valence-electron chi connectivity index (χ2n) is 8.66. The van der Waals surface area contributed by atoms with Gasteiger partial charge >= 0.3 is 0 Å². The Kier molecular flexibility index (Phi) is 6.80.